The van der Waals surface area contributed by atoms with Crippen LogP contribution in [0.5, 0.6) is 11.5 Å². The second-order valence-electron chi connectivity index (χ2n) is 5.96. The minimum Gasteiger partial charge on any atom is -0.486 e. The van der Waals surface area contributed by atoms with Crippen LogP contribution in [0.3, 0.4) is 0 Å². The number of H-pyrrole nitrogens is 1. The first kappa shape index (κ1) is 18.3. The number of aromatic nitrogens is 4. The van der Waals surface area contributed by atoms with Gasteiger partial charge in [-0.25, -0.2) is 4.98 Å². The molecule has 0 amide bonds. The van der Waals surface area contributed by atoms with Crippen molar-refractivity contribution in [2.24, 2.45) is 0 Å². The molecule has 0 bridgehead atoms. The molecule has 7 nitrogen and oxygen atoms in total. The highest BCUT2D eigenvalue weighted by molar-refractivity contribution is 5.85. The van der Waals surface area contributed by atoms with Gasteiger partial charge < -0.3 is 19.4 Å². The summed E-state index contributed by atoms with van der Waals surface area (Å²) in [4.78, 5) is 4.05. The molecule has 0 saturated heterocycles. The Labute approximate surface area is 158 Å². The molecule has 8 heteroatoms. The Kier molecular flexibility index (Phi) is 6.14. The monoisotopic (exact) mass is 375 g/mol. The molecule has 26 heavy (non-hydrogen) atoms. The number of nitrogens with one attached hydrogen (secondary N) is 2. The SMILES string of the molecule is Cl.c1cn(CCCNCc2cn[nH]c2-c2ccc3c(c2)OCCO3)cn1. The predicted molar refractivity (Wildman–Crippen MR) is 101 cm³/mol. The zero-order valence-electron chi connectivity index (χ0n) is 14.4. The van der Waals surface area contributed by atoms with Gasteiger partial charge >= 0.3 is 0 Å². The second kappa shape index (κ2) is 8.73. The molecule has 0 spiro atoms. The summed E-state index contributed by atoms with van der Waals surface area (Å²) in [7, 11) is 0. The summed E-state index contributed by atoms with van der Waals surface area (Å²) in [6.45, 7) is 3.86. The third-order valence-corrected chi connectivity index (χ3v) is 4.19. The zero-order chi connectivity index (χ0) is 16.9. The average molecular weight is 376 g/mol. The Morgan fingerprint density at radius 1 is 1.19 bits per heavy atom. The van der Waals surface area contributed by atoms with E-state index >= 15 is 0 Å². The lowest BCUT2D eigenvalue weighted by Gasteiger charge is -2.18. The Bertz CT molecular complexity index is 819. The Hall–Kier alpha value is -2.51. The van der Waals surface area contributed by atoms with Crippen LogP contribution in [0.1, 0.15) is 12.0 Å². The van der Waals surface area contributed by atoms with Crippen LogP contribution in [0.25, 0.3) is 11.3 Å². The van der Waals surface area contributed by atoms with Crippen molar-refractivity contribution in [1.82, 2.24) is 25.1 Å². The summed E-state index contributed by atoms with van der Waals surface area (Å²) in [6, 6.07) is 5.99. The van der Waals surface area contributed by atoms with Crippen LogP contribution >= 0.6 is 12.4 Å². The van der Waals surface area contributed by atoms with E-state index < -0.39 is 0 Å². The zero-order valence-corrected chi connectivity index (χ0v) is 15.2. The number of aryl methyl sites for hydroxylation is 1. The normalized spacial score (nSPS) is 12.6. The van der Waals surface area contributed by atoms with Crippen LogP contribution in [0, 0.1) is 0 Å². The summed E-state index contributed by atoms with van der Waals surface area (Å²) in [5.41, 5.74) is 3.20. The highest BCUT2D eigenvalue weighted by Gasteiger charge is 2.14. The molecule has 0 saturated carbocycles. The van der Waals surface area contributed by atoms with Gasteiger partial charge in [0.15, 0.2) is 11.5 Å². The smallest absolute Gasteiger partial charge is 0.162 e. The van der Waals surface area contributed by atoms with E-state index in [2.05, 4.69) is 25.1 Å². The Morgan fingerprint density at radius 3 is 2.92 bits per heavy atom. The molecule has 4 rings (SSSR count). The fourth-order valence-corrected chi connectivity index (χ4v) is 2.92. The number of nitrogens with zero attached hydrogens (tertiary/aromatic N) is 3. The number of halogens is 1. The molecule has 0 atom stereocenters. The van der Waals surface area contributed by atoms with E-state index in [0.29, 0.717) is 13.2 Å². The molecule has 3 aromatic rings. The van der Waals surface area contributed by atoms with Crippen LogP contribution < -0.4 is 14.8 Å². The summed E-state index contributed by atoms with van der Waals surface area (Å²) in [5, 5.41) is 10.8. The van der Waals surface area contributed by atoms with E-state index in [4.69, 9.17) is 9.47 Å². The van der Waals surface area contributed by atoms with E-state index in [1.807, 2.05) is 36.9 Å². The van der Waals surface area contributed by atoms with Gasteiger partial charge in [-0.3, -0.25) is 5.10 Å². The molecule has 1 aliphatic heterocycles. The maximum absolute atomic E-state index is 5.67. The van der Waals surface area contributed by atoms with Crippen molar-refractivity contribution < 1.29 is 9.47 Å². The van der Waals surface area contributed by atoms with Crippen LogP contribution in [-0.4, -0.2) is 39.5 Å². The van der Waals surface area contributed by atoms with E-state index in [0.717, 1.165) is 54.4 Å². The van der Waals surface area contributed by atoms with Gasteiger partial charge in [0, 0.05) is 36.6 Å². The van der Waals surface area contributed by atoms with Crippen molar-refractivity contribution in [1.29, 1.82) is 0 Å². The fourth-order valence-electron chi connectivity index (χ4n) is 2.92. The van der Waals surface area contributed by atoms with Gasteiger partial charge in [0.1, 0.15) is 13.2 Å². The second-order valence-corrected chi connectivity index (χ2v) is 5.96. The van der Waals surface area contributed by atoms with Gasteiger partial charge in [-0.1, -0.05) is 0 Å². The number of aromatic amines is 1. The molecule has 1 aromatic carbocycles. The van der Waals surface area contributed by atoms with Gasteiger partial charge in [-0.15, -0.1) is 12.4 Å². The van der Waals surface area contributed by atoms with Crippen LogP contribution in [0.2, 0.25) is 0 Å². The van der Waals surface area contributed by atoms with Crippen LogP contribution in [0.15, 0.2) is 43.1 Å². The van der Waals surface area contributed by atoms with Crippen LogP contribution in [0.4, 0.5) is 0 Å². The number of imidazole rings is 1. The summed E-state index contributed by atoms with van der Waals surface area (Å²) in [6.07, 6.45) is 8.55. The number of hydrogen-bond acceptors (Lipinski definition) is 5. The summed E-state index contributed by atoms with van der Waals surface area (Å²) in [5.74, 6) is 1.59. The maximum atomic E-state index is 5.67. The fraction of sp³-hybridized carbons (Fsp3) is 0.333. The van der Waals surface area contributed by atoms with E-state index in [9.17, 15) is 0 Å². The van der Waals surface area contributed by atoms with Crippen LogP contribution in [-0.2, 0) is 13.1 Å². The topological polar surface area (TPSA) is 77.0 Å². The summed E-state index contributed by atoms with van der Waals surface area (Å²) >= 11 is 0. The lowest BCUT2D eigenvalue weighted by Crippen LogP contribution is -2.16. The third kappa shape index (κ3) is 4.17. The number of hydrogen-bond donors (Lipinski definition) is 2. The number of rotatable bonds is 7. The number of ether oxygens (including phenoxy) is 2. The molecule has 3 heterocycles. The largest absolute Gasteiger partial charge is 0.486 e. The van der Waals surface area contributed by atoms with Crippen molar-refractivity contribution in [3.05, 3.63) is 48.7 Å². The van der Waals surface area contributed by atoms with Crippen molar-refractivity contribution in [2.45, 2.75) is 19.5 Å². The minimum absolute atomic E-state index is 0. The lowest BCUT2D eigenvalue weighted by molar-refractivity contribution is 0.171. The summed E-state index contributed by atoms with van der Waals surface area (Å²) < 4.78 is 13.3. The van der Waals surface area contributed by atoms with Gasteiger partial charge in [0.2, 0.25) is 0 Å². The first-order valence-electron chi connectivity index (χ1n) is 8.49. The lowest BCUT2D eigenvalue weighted by atomic mass is 10.1. The molecule has 1 aliphatic rings. The average Bonchev–Trinajstić information content (AvgIpc) is 3.33. The Morgan fingerprint density at radius 2 is 2.08 bits per heavy atom. The quantitative estimate of drug-likeness (QED) is 0.621. The van der Waals surface area contributed by atoms with Crippen molar-refractivity contribution >= 4 is 12.4 Å². The molecule has 0 aliphatic carbocycles. The maximum Gasteiger partial charge on any atom is 0.162 e. The highest BCUT2D eigenvalue weighted by Crippen LogP contribution is 2.34. The number of fused-ring (bicyclic) bond motifs is 1. The molecule has 2 aromatic heterocycles. The van der Waals surface area contributed by atoms with Gasteiger partial charge in [-0.05, 0) is 31.2 Å². The first-order chi connectivity index (χ1) is 12.4. The molecular weight excluding hydrogens is 354 g/mol. The van der Waals surface area contributed by atoms with Crippen molar-refractivity contribution in [3.8, 4) is 22.8 Å². The third-order valence-electron chi connectivity index (χ3n) is 4.19. The molecule has 0 radical (unpaired) electrons. The predicted octanol–water partition coefficient (Wildman–Crippen LogP) is 2.65. The van der Waals surface area contributed by atoms with Gasteiger partial charge in [0.05, 0.1) is 18.2 Å². The van der Waals surface area contributed by atoms with Gasteiger partial charge in [-0.2, -0.15) is 5.10 Å². The molecular formula is C18H22ClN5O2. The molecule has 2 N–H and O–H groups in total. The van der Waals surface area contributed by atoms with E-state index in [-0.39, 0.29) is 12.4 Å². The number of benzene rings is 1. The van der Waals surface area contributed by atoms with E-state index in [1.54, 1.807) is 6.20 Å². The standard InChI is InChI=1S/C18H21N5O2.ClH/c1(6-23-7-5-20-13-23)4-19-11-15-12-21-22-18(15)14-2-3-16-17(10-14)25-9-8-24-16;/h2-3,5,7,10,12-13,19H,1,4,6,8-9,11H2,(H,21,22);1H. The van der Waals surface area contributed by atoms with Crippen molar-refractivity contribution in [3.63, 3.8) is 0 Å². The molecule has 0 unspecified atom stereocenters. The first-order valence-corrected chi connectivity index (χ1v) is 8.49. The van der Waals surface area contributed by atoms with Gasteiger partial charge in [0.25, 0.3) is 0 Å². The molecule has 0 fully saturated rings. The Balaban J connectivity index is 0.00000196. The van der Waals surface area contributed by atoms with E-state index in [1.165, 1.54) is 0 Å². The minimum atomic E-state index is 0. The van der Waals surface area contributed by atoms with Crippen molar-refractivity contribution in [2.75, 3.05) is 19.8 Å². The highest BCUT2D eigenvalue weighted by atomic mass is 35.5. The molecule has 138 valence electrons.